The zero-order valence-corrected chi connectivity index (χ0v) is 15.9. The highest BCUT2D eigenvalue weighted by atomic mass is 35.5. The molecule has 2 atom stereocenters. The molecule has 6 nitrogen and oxygen atoms in total. The number of halogens is 1. The Kier molecular flexibility index (Phi) is 7.60. The van der Waals surface area contributed by atoms with Crippen LogP contribution in [0.3, 0.4) is 0 Å². The summed E-state index contributed by atoms with van der Waals surface area (Å²) in [5.41, 5.74) is 7.06. The average Bonchev–Trinajstić information content (AvgIpc) is 3.13. The number of amides is 1. The molecule has 1 heterocycles. The lowest BCUT2D eigenvalue weighted by Gasteiger charge is -2.17. The summed E-state index contributed by atoms with van der Waals surface area (Å²) >= 11 is 0. The molecule has 142 valence electrons. The van der Waals surface area contributed by atoms with Gasteiger partial charge in [-0.15, -0.1) is 12.4 Å². The fourth-order valence-corrected chi connectivity index (χ4v) is 3.29. The van der Waals surface area contributed by atoms with Crippen LogP contribution in [0.5, 0.6) is 0 Å². The molecule has 7 heteroatoms. The molecule has 1 aliphatic carbocycles. The van der Waals surface area contributed by atoms with E-state index in [1.807, 2.05) is 37.3 Å². The van der Waals surface area contributed by atoms with E-state index in [4.69, 9.17) is 10.3 Å². The Labute approximate surface area is 160 Å². The summed E-state index contributed by atoms with van der Waals surface area (Å²) < 4.78 is 5.36. The van der Waals surface area contributed by atoms with Crippen molar-refractivity contribution in [2.24, 2.45) is 5.73 Å². The lowest BCUT2D eigenvalue weighted by Crippen LogP contribution is -2.43. The molecule has 1 saturated carbocycles. The van der Waals surface area contributed by atoms with Gasteiger partial charge in [-0.2, -0.15) is 4.98 Å². The third-order valence-corrected chi connectivity index (χ3v) is 4.79. The number of rotatable bonds is 6. The van der Waals surface area contributed by atoms with Gasteiger partial charge in [0.25, 0.3) is 0 Å². The summed E-state index contributed by atoms with van der Waals surface area (Å²) in [5.74, 6) is 1.38. The van der Waals surface area contributed by atoms with Crippen LogP contribution in [0.15, 0.2) is 34.9 Å². The molecule has 0 spiro atoms. The van der Waals surface area contributed by atoms with Crippen LogP contribution in [-0.4, -0.2) is 22.1 Å². The SMILES string of the molecule is CC(NC(=O)[C@@H](N)Cc1ccccc1)c1nc(C2CCCCC2)no1.Cl. The molecule has 1 aliphatic rings. The first-order valence-electron chi connectivity index (χ1n) is 9.07. The number of carbonyl (C=O) groups is 1. The van der Waals surface area contributed by atoms with Crippen molar-refractivity contribution in [2.45, 2.75) is 63.5 Å². The van der Waals surface area contributed by atoms with E-state index < -0.39 is 6.04 Å². The molecule has 1 unspecified atom stereocenters. The molecule has 2 aromatic rings. The van der Waals surface area contributed by atoms with Crippen LogP contribution in [0.1, 0.15) is 68.3 Å². The van der Waals surface area contributed by atoms with E-state index in [9.17, 15) is 4.79 Å². The average molecular weight is 379 g/mol. The van der Waals surface area contributed by atoms with Crippen molar-refractivity contribution < 1.29 is 9.32 Å². The van der Waals surface area contributed by atoms with Gasteiger partial charge in [-0.05, 0) is 31.7 Å². The highest BCUT2D eigenvalue weighted by Crippen LogP contribution is 2.31. The Morgan fingerprint density at radius 3 is 2.65 bits per heavy atom. The van der Waals surface area contributed by atoms with E-state index in [0.717, 1.165) is 24.2 Å². The van der Waals surface area contributed by atoms with Crippen LogP contribution in [0.4, 0.5) is 0 Å². The van der Waals surface area contributed by atoms with Gasteiger partial charge in [-0.25, -0.2) is 0 Å². The minimum absolute atomic E-state index is 0. The summed E-state index contributed by atoms with van der Waals surface area (Å²) in [6.45, 7) is 1.84. The van der Waals surface area contributed by atoms with Crippen LogP contribution in [0.2, 0.25) is 0 Å². The summed E-state index contributed by atoms with van der Waals surface area (Å²) in [6, 6.07) is 8.79. The maximum Gasteiger partial charge on any atom is 0.248 e. The van der Waals surface area contributed by atoms with Crippen molar-refractivity contribution in [2.75, 3.05) is 0 Å². The maximum absolute atomic E-state index is 12.3. The number of hydrogen-bond donors (Lipinski definition) is 2. The van der Waals surface area contributed by atoms with Gasteiger partial charge < -0.3 is 15.6 Å². The molecule has 0 aliphatic heterocycles. The summed E-state index contributed by atoms with van der Waals surface area (Å²) in [4.78, 5) is 16.8. The van der Waals surface area contributed by atoms with E-state index >= 15 is 0 Å². The van der Waals surface area contributed by atoms with Crippen LogP contribution < -0.4 is 11.1 Å². The minimum atomic E-state index is -0.606. The highest BCUT2D eigenvalue weighted by Gasteiger charge is 2.24. The summed E-state index contributed by atoms with van der Waals surface area (Å²) in [6.07, 6.45) is 6.44. The number of nitrogens with one attached hydrogen (secondary N) is 1. The number of benzene rings is 1. The van der Waals surface area contributed by atoms with Crippen molar-refractivity contribution in [1.82, 2.24) is 15.5 Å². The first kappa shape index (κ1) is 20.4. The van der Waals surface area contributed by atoms with Crippen molar-refractivity contribution >= 4 is 18.3 Å². The Morgan fingerprint density at radius 1 is 1.27 bits per heavy atom. The molecular weight excluding hydrogens is 352 g/mol. The van der Waals surface area contributed by atoms with Gasteiger partial charge in [0.2, 0.25) is 11.8 Å². The zero-order chi connectivity index (χ0) is 17.6. The first-order chi connectivity index (χ1) is 12.1. The van der Waals surface area contributed by atoms with Gasteiger partial charge >= 0.3 is 0 Å². The van der Waals surface area contributed by atoms with Gasteiger partial charge in [-0.1, -0.05) is 54.8 Å². The molecule has 0 radical (unpaired) electrons. The predicted molar refractivity (Wildman–Crippen MR) is 102 cm³/mol. The Bertz CT molecular complexity index is 686. The van der Waals surface area contributed by atoms with Gasteiger partial charge in [-0.3, -0.25) is 4.79 Å². The molecular formula is C19H27ClN4O2. The second kappa shape index (κ2) is 9.69. The number of nitrogens with zero attached hydrogens (tertiary/aromatic N) is 2. The van der Waals surface area contributed by atoms with Gasteiger partial charge in [0.1, 0.15) is 6.04 Å². The van der Waals surface area contributed by atoms with Gasteiger partial charge in [0.15, 0.2) is 5.82 Å². The maximum atomic E-state index is 12.3. The lowest BCUT2D eigenvalue weighted by atomic mass is 9.89. The second-order valence-corrected chi connectivity index (χ2v) is 6.85. The van der Waals surface area contributed by atoms with Gasteiger partial charge in [0.05, 0.1) is 6.04 Å². The monoisotopic (exact) mass is 378 g/mol. The lowest BCUT2D eigenvalue weighted by molar-refractivity contribution is -0.123. The molecule has 1 fully saturated rings. The number of hydrogen-bond acceptors (Lipinski definition) is 5. The van der Waals surface area contributed by atoms with Crippen LogP contribution in [0, 0.1) is 0 Å². The fourth-order valence-electron chi connectivity index (χ4n) is 3.29. The van der Waals surface area contributed by atoms with E-state index in [2.05, 4.69) is 15.5 Å². The molecule has 1 aromatic heterocycles. The molecule has 26 heavy (non-hydrogen) atoms. The van der Waals surface area contributed by atoms with Crippen LogP contribution in [0.25, 0.3) is 0 Å². The third-order valence-electron chi connectivity index (χ3n) is 4.79. The molecule has 0 saturated heterocycles. The Balaban J connectivity index is 0.00000243. The quantitative estimate of drug-likeness (QED) is 0.804. The Morgan fingerprint density at radius 2 is 1.96 bits per heavy atom. The van der Waals surface area contributed by atoms with E-state index in [-0.39, 0.29) is 24.4 Å². The number of carbonyl (C=O) groups excluding carboxylic acids is 1. The molecule has 3 rings (SSSR count). The molecule has 1 amide bonds. The molecule has 1 aromatic carbocycles. The molecule has 3 N–H and O–H groups in total. The van der Waals surface area contributed by atoms with Crippen molar-refractivity contribution in [1.29, 1.82) is 0 Å². The van der Waals surface area contributed by atoms with Crippen LogP contribution in [-0.2, 0) is 11.2 Å². The minimum Gasteiger partial charge on any atom is -0.343 e. The third kappa shape index (κ3) is 5.29. The van der Waals surface area contributed by atoms with E-state index in [1.165, 1.54) is 19.3 Å². The van der Waals surface area contributed by atoms with Crippen LogP contribution >= 0.6 is 12.4 Å². The smallest absolute Gasteiger partial charge is 0.248 e. The largest absolute Gasteiger partial charge is 0.343 e. The van der Waals surface area contributed by atoms with E-state index in [1.54, 1.807) is 0 Å². The standard InChI is InChI=1S/C19H26N4O2.ClH/c1-13(19-22-17(23-25-19)15-10-6-3-7-11-15)21-18(24)16(20)12-14-8-4-2-5-9-14;/h2,4-5,8-9,13,15-16H,3,6-7,10-12,20H2,1H3,(H,21,24);1H/t13?,16-;/m0./s1. The number of nitrogens with two attached hydrogens (primary N) is 1. The second-order valence-electron chi connectivity index (χ2n) is 6.85. The highest BCUT2D eigenvalue weighted by molar-refractivity contribution is 5.85. The topological polar surface area (TPSA) is 94.0 Å². The van der Waals surface area contributed by atoms with Crippen molar-refractivity contribution in [3.63, 3.8) is 0 Å². The van der Waals surface area contributed by atoms with Crippen molar-refractivity contribution in [3.05, 3.63) is 47.6 Å². The summed E-state index contributed by atoms with van der Waals surface area (Å²) in [7, 11) is 0. The number of aromatic nitrogens is 2. The van der Waals surface area contributed by atoms with Crippen molar-refractivity contribution in [3.8, 4) is 0 Å². The summed E-state index contributed by atoms with van der Waals surface area (Å²) in [5, 5.41) is 6.98. The van der Waals surface area contributed by atoms with E-state index in [0.29, 0.717) is 18.2 Å². The fraction of sp³-hybridized carbons (Fsp3) is 0.526. The van der Waals surface area contributed by atoms with Gasteiger partial charge in [0, 0.05) is 5.92 Å². The first-order valence-corrected chi connectivity index (χ1v) is 9.07. The Hall–Kier alpha value is -1.92. The normalized spacial score (nSPS) is 17.2. The zero-order valence-electron chi connectivity index (χ0n) is 15.1. The molecule has 0 bridgehead atoms. The predicted octanol–water partition coefficient (Wildman–Crippen LogP) is 3.29.